The highest BCUT2D eigenvalue weighted by molar-refractivity contribution is 8.00. The second kappa shape index (κ2) is 9.91. The Morgan fingerprint density at radius 1 is 1.22 bits per heavy atom. The molecule has 6 nitrogen and oxygen atoms in total. The molecule has 0 aliphatic carbocycles. The molecule has 1 saturated heterocycles. The van der Waals surface area contributed by atoms with E-state index in [4.69, 9.17) is 4.74 Å². The highest BCUT2D eigenvalue weighted by Crippen LogP contribution is 2.21. The summed E-state index contributed by atoms with van der Waals surface area (Å²) in [4.78, 5) is 13.0. The first kappa shape index (κ1) is 22.2. The van der Waals surface area contributed by atoms with E-state index in [1.54, 1.807) is 0 Å². The molecule has 1 heterocycles. The maximum atomic E-state index is 12.4. The van der Waals surface area contributed by atoms with E-state index in [1.807, 2.05) is 26.0 Å². The average Bonchev–Trinajstić information content (AvgIpc) is 2.59. The van der Waals surface area contributed by atoms with Crippen molar-refractivity contribution in [2.75, 3.05) is 31.1 Å². The van der Waals surface area contributed by atoms with E-state index in [-0.39, 0.29) is 36.2 Å². The Hall–Kier alpha value is -1.09. The third-order valence-corrected chi connectivity index (χ3v) is 7.20. The smallest absolute Gasteiger partial charge is 0.230 e. The van der Waals surface area contributed by atoms with Gasteiger partial charge in [0.2, 0.25) is 15.9 Å². The second-order valence-electron chi connectivity index (χ2n) is 7.25. The van der Waals surface area contributed by atoms with Crippen LogP contribution in [0.2, 0.25) is 0 Å². The summed E-state index contributed by atoms with van der Waals surface area (Å²) < 4.78 is 31.9. The average molecular weight is 415 g/mol. The molecule has 1 aliphatic rings. The SMILES string of the molecule is CC(C)c1ccc(SCC(=O)NCCS(=O)(=O)N2C[C@@H](C)O[C@H](C)C2)cc1. The Bertz CT molecular complexity index is 710. The van der Waals surface area contributed by atoms with E-state index in [1.165, 1.54) is 21.6 Å². The minimum absolute atomic E-state index is 0.0913. The first-order valence-electron chi connectivity index (χ1n) is 9.30. The summed E-state index contributed by atoms with van der Waals surface area (Å²) in [5.74, 6) is 0.497. The van der Waals surface area contributed by atoms with Gasteiger partial charge in [0, 0.05) is 24.5 Å². The number of hydrogen-bond acceptors (Lipinski definition) is 5. The lowest BCUT2D eigenvalue weighted by Gasteiger charge is -2.34. The normalized spacial score (nSPS) is 21.4. The van der Waals surface area contributed by atoms with Crippen molar-refractivity contribution in [3.05, 3.63) is 29.8 Å². The maximum absolute atomic E-state index is 12.4. The molecule has 1 N–H and O–H groups in total. The predicted molar refractivity (Wildman–Crippen MR) is 110 cm³/mol. The van der Waals surface area contributed by atoms with Gasteiger partial charge >= 0.3 is 0 Å². The fourth-order valence-corrected chi connectivity index (χ4v) is 5.18. The Balaban J connectivity index is 1.73. The zero-order valence-electron chi connectivity index (χ0n) is 16.5. The van der Waals surface area contributed by atoms with Crippen molar-refractivity contribution in [2.24, 2.45) is 0 Å². The summed E-state index contributed by atoms with van der Waals surface area (Å²) in [7, 11) is -3.39. The minimum atomic E-state index is -3.39. The third kappa shape index (κ3) is 7.10. The van der Waals surface area contributed by atoms with Crippen molar-refractivity contribution < 1.29 is 17.9 Å². The molecule has 1 fully saturated rings. The van der Waals surface area contributed by atoms with Crippen molar-refractivity contribution >= 4 is 27.7 Å². The summed E-state index contributed by atoms with van der Waals surface area (Å²) in [6.07, 6.45) is -0.229. The molecule has 0 aromatic heterocycles. The van der Waals surface area contributed by atoms with Gasteiger partial charge in [-0.05, 0) is 37.5 Å². The molecule has 1 aromatic rings. The molecule has 152 valence electrons. The minimum Gasteiger partial charge on any atom is -0.373 e. The van der Waals surface area contributed by atoms with Gasteiger partial charge in [-0.2, -0.15) is 4.31 Å². The van der Waals surface area contributed by atoms with Gasteiger partial charge in [-0.25, -0.2) is 8.42 Å². The van der Waals surface area contributed by atoms with Crippen LogP contribution in [-0.2, 0) is 19.6 Å². The molecule has 27 heavy (non-hydrogen) atoms. The second-order valence-corrected chi connectivity index (χ2v) is 10.4. The number of morpholine rings is 1. The fourth-order valence-electron chi connectivity index (χ4n) is 2.96. The number of rotatable bonds is 8. The quantitative estimate of drug-likeness (QED) is 0.662. The number of sulfonamides is 1. The largest absolute Gasteiger partial charge is 0.373 e. The number of carbonyl (C=O) groups excluding carboxylic acids is 1. The van der Waals surface area contributed by atoms with Gasteiger partial charge in [0.1, 0.15) is 0 Å². The molecular weight excluding hydrogens is 384 g/mol. The third-order valence-electron chi connectivity index (χ3n) is 4.38. The molecule has 0 saturated carbocycles. The number of amides is 1. The van der Waals surface area contributed by atoms with E-state index in [0.717, 1.165) is 4.90 Å². The number of thioether (sulfide) groups is 1. The molecule has 1 amide bonds. The van der Waals surface area contributed by atoms with Crippen molar-refractivity contribution in [1.29, 1.82) is 0 Å². The van der Waals surface area contributed by atoms with Gasteiger partial charge in [-0.1, -0.05) is 26.0 Å². The number of hydrogen-bond donors (Lipinski definition) is 1. The lowest BCUT2D eigenvalue weighted by atomic mass is 10.0. The summed E-state index contributed by atoms with van der Waals surface area (Å²) >= 11 is 1.45. The Labute approximate surface area is 167 Å². The molecule has 2 atom stereocenters. The zero-order chi connectivity index (χ0) is 20.0. The first-order valence-corrected chi connectivity index (χ1v) is 11.9. The Kier molecular flexibility index (Phi) is 8.15. The molecule has 0 bridgehead atoms. The van der Waals surface area contributed by atoms with Crippen LogP contribution >= 0.6 is 11.8 Å². The summed E-state index contributed by atoms with van der Waals surface area (Å²) in [6.45, 7) is 8.86. The molecular formula is C19H30N2O4S2. The zero-order valence-corrected chi connectivity index (χ0v) is 18.1. The number of benzene rings is 1. The monoisotopic (exact) mass is 414 g/mol. The van der Waals surface area contributed by atoms with E-state index in [0.29, 0.717) is 19.0 Å². The number of ether oxygens (including phenoxy) is 1. The summed E-state index contributed by atoms with van der Waals surface area (Å²) in [5.41, 5.74) is 1.26. The van der Waals surface area contributed by atoms with Crippen molar-refractivity contribution in [3.63, 3.8) is 0 Å². The maximum Gasteiger partial charge on any atom is 0.230 e. The molecule has 1 aliphatic heterocycles. The number of nitrogens with zero attached hydrogens (tertiary/aromatic N) is 1. The van der Waals surface area contributed by atoms with Crippen LogP contribution in [-0.4, -0.2) is 62.0 Å². The van der Waals surface area contributed by atoms with Crippen LogP contribution in [0.4, 0.5) is 0 Å². The van der Waals surface area contributed by atoms with Gasteiger partial charge in [-0.3, -0.25) is 4.79 Å². The molecule has 2 rings (SSSR count). The van der Waals surface area contributed by atoms with Crippen LogP contribution in [0.1, 0.15) is 39.2 Å². The standard InChI is InChI=1S/C19H30N2O4S2/c1-14(2)17-5-7-18(8-6-17)26-13-19(22)20-9-10-27(23,24)21-11-15(3)25-16(4)12-21/h5-8,14-16H,9-13H2,1-4H3,(H,20,22)/t15-,16-/m1/s1. The first-order chi connectivity index (χ1) is 12.7. The Morgan fingerprint density at radius 3 is 2.37 bits per heavy atom. The van der Waals surface area contributed by atoms with Crippen molar-refractivity contribution in [3.8, 4) is 0 Å². The molecule has 0 radical (unpaired) electrons. The fraction of sp³-hybridized carbons (Fsp3) is 0.632. The van der Waals surface area contributed by atoms with E-state index in [2.05, 4.69) is 31.3 Å². The van der Waals surface area contributed by atoms with Gasteiger partial charge in [-0.15, -0.1) is 11.8 Å². The van der Waals surface area contributed by atoms with Gasteiger partial charge in [0.25, 0.3) is 0 Å². The van der Waals surface area contributed by atoms with E-state index >= 15 is 0 Å². The van der Waals surface area contributed by atoms with Gasteiger partial charge in [0.15, 0.2) is 0 Å². The number of carbonyl (C=O) groups is 1. The molecule has 8 heteroatoms. The van der Waals surface area contributed by atoms with Gasteiger partial charge < -0.3 is 10.1 Å². The summed E-state index contributed by atoms with van der Waals surface area (Å²) in [5, 5.41) is 2.70. The topological polar surface area (TPSA) is 75.7 Å². The Morgan fingerprint density at radius 2 is 1.81 bits per heavy atom. The lowest BCUT2D eigenvalue weighted by molar-refractivity contribution is -0.118. The number of nitrogens with one attached hydrogen (secondary N) is 1. The van der Waals surface area contributed by atoms with Crippen LogP contribution < -0.4 is 5.32 Å². The van der Waals surface area contributed by atoms with Crippen LogP contribution in [0.15, 0.2) is 29.2 Å². The highest BCUT2D eigenvalue weighted by atomic mass is 32.2. The molecule has 0 unspecified atom stereocenters. The van der Waals surface area contributed by atoms with Gasteiger partial charge in [0.05, 0.1) is 23.7 Å². The highest BCUT2D eigenvalue weighted by Gasteiger charge is 2.30. The molecule has 1 aromatic carbocycles. The van der Waals surface area contributed by atoms with Crippen molar-refractivity contribution in [2.45, 2.75) is 50.7 Å². The molecule has 0 spiro atoms. The van der Waals surface area contributed by atoms with E-state index < -0.39 is 10.0 Å². The lowest BCUT2D eigenvalue weighted by Crippen LogP contribution is -2.49. The predicted octanol–water partition coefficient (Wildman–Crippen LogP) is 2.46. The summed E-state index contributed by atoms with van der Waals surface area (Å²) in [6, 6.07) is 8.17. The van der Waals surface area contributed by atoms with Crippen molar-refractivity contribution in [1.82, 2.24) is 9.62 Å². The van der Waals surface area contributed by atoms with Crippen LogP contribution in [0.25, 0.3) is 0 Å². The van der Waals surface area contributed by atoms with Crippen LogP contribution in [0.5, 0.6) is 0 Å². The van der Waals surface area contributed by atoms with E-state index in [9.17, 15) is 13.2 Å². The van der Waals surface area contributed by atoms with Crippen LogP contribution in [0, 0.1) is 0 Å². The van der Waals surface area contributed by atoms with Crippen LogP contribution in [0.3, 0.4) is 0 Å².